The largest absolute Gasteiger partial charge is 0.462 e. The molecule has 3 heterocycles. The number of aliphatic hydroxyl groups excluding tert-OH is 1. The van der Waals surface area contributed by atoms with Crippen LogP contribution in [0.25, 0.3) is 11.2 Å². The number of nitrogens with zero attached hydrogens (tertiary/aromatic N) is 5. The number of carbonyl (C=O) groups is 1. The molecular weight excluding hydrogens is 671 g/mol. The molecule has 3 aromatic rings. The number of esters is 1. The second kappa shape index (κ2) is 12.8. The number of imidazole rings is 1. The van der Waals surface area contributed by atoms with Crippen molar-refractivity contribution in [3.63, 3.8) is 0 Å². The predicted molar refractivity (Wildman–Crippen MR) is 166 cm³/mol. The van der Waals surface area contributed by atoms with Crippen molar-refractivity contribution >= 4 is 58.3 Å². The molecule has 5 atom stereocenters. The van der Waals surface area contributed by atoms with Gasteiger partial charge in [-0.05, 0) is 58.9 Å². The Balaban J connectivity index is 1.70. The number of sulfonamides is 1. The van der Waals surface area contributed by atoms with Crippen molar-refractivity contribution < 1.29 is 46.5 Å². The number of ether oxygens (including phenoxy) is 2. The third-order valence-electron chi connectivity index (χ3n) is 6.46. The van der Waals surface area contributed by atoms with Crippen molar-refractivity contribution in [1.82, 2.24) is 29.4 Å². The molecule has 0 bridgehead atoms. The fraction of sp³-hybridized carbons (Fsp3) is 0.520. The van der Waals surface area contributed by atoms with Gasteiger partial charge in [0, 0.05) is 12.1 Å². The zero-order valence-electron chi connectivity index (χ0n) is 25.9. The highest BCUT2D eigenvalue weighted by Crippen LogP contribution is 2.52. The van der Waals surface area contributed by atoms with Crippen LogP contribution in [0, 0.1) is 0 Å². The molecule has 0 radical (unpaired) electrons. The minimum atomic E-state index is -4.65. The lowest BCUT2D eigenvalue weighted by molar-refractivity contribution is -0.154. The third-order valence-corrected chi connectivity index (χ3v) is 9.09. The van der Waals surface area contributed by atoms with Crippen molar-refractivity contribution in [2.75, 3.05) is 24.0 Å². The van der Waals surface area contributed by atoms with Crippen LogP contribution in [0.2, 0.25) is 5.02 Å². The summed E-state index contributed by atoms with van der Waals surface area (Å²) in [6, 6.07) is 5.74. The highest BCUT2D eigenvalue weighted by Gasteiger charge is 2.57. The van der Waals surface area contributed by atoms with Gasteiger partial charge < -0.3 is 29.9 Å². The predicted octanol–water partition coefficient (Wildman–Crippen LogP) is 1.45. The Bertz CT molecular complexity index is 1750. The van der Waals surface area contributed by atoms with Crippen LogP contribution in [0.3, 0.4) is 0 Å². The lowest BCUT2D eigenvalue weighted by Gasteiger charge is -2.31. The number of halogens is 1. The first-order chi connectivity index (χ1) is 21.1. The number of nitrogens with two attached hydrogens (primary N) is 1. The molecule has 46 heavy (non-hydrogen) atoms. The third kappa shape index (κ3) is 7.87. The van der Waals surface area contributed by atoms with Gasteiger partial charge in [-0.2, -0.15) is 15.1 Å². The number of hydrogen-bond donors (Lipinski definition) is 5. The summed E-state index contributed by atoms with van der Waals surface area (Å²) in [6.07, 6.45) is -3.54. The number of anilines is 2. The standard InChI is InChI=1S/C25H36ClN8O10PS/c1-13(2)41-22(36)24(3,4)31-45(38,43-15-10-8-14(26)9-11-15)44-20-17(35)25(5,37)21(42-20)34-12-28-16-18(29-23(27)30-19(16)34)33(6)32-46(7,39)40/h8-13,17,20-21,32,35,37H,1-7H3,(H,31,38)(H2,27,29,30)/t17?,20?,21-,25-,45?/m1/s1. The van der Waals surface area contributed by atoms with E-state index in [4.69, 9.17) is 35.9 Å². The quantitative estimate of drug-likeness (QED) is 0.102. The number of hydrazine groups is 1. The number of carbonyl (C=O) groups excluding carboxylic acids is 1. The lowest BCUT2D eigenvalue weighted by atomic mass is 9.99. The van der Waals surface area contributed by atoms with Crippen LogP contribution in [-0.4, -0.2) is 87.1 Å². The Kier molecular flexibility index (Phi) is 9.95. The first-order valence-corrected chi connectivity index (χ1v) is 17.4. The van der Waals surface area contributed by atoms with Crippen LogP contribution in [-0.2, 0) is 33.4 Å². The summed E-state index contributed by atoms with van der Waals surface area (Å²) in [5.74, 6) is -1.07. The van der Waals surface area contributed by atoms with E-state index in [2.05, 4.69) is 24.9 Å². The Morgan fingerprint density at radius 2 is 1.91 bits per heavy atom. The Morgan fingerprint density at radius 3 is 2.50 bits per heavy atom. The summed E-state index contributed by atoms with van der Waals surface area (Å²) in [4.78, 5) is 27.5. The number of aromatic nitrogens is 4. The van der Waals surface area contributed by atoms with Crippen molar-refractivity contribution in [3.8, 4) is 5.75 Å². The molecular formula is C25H36ClN8O10PS. The van der Waals surface area contributed by atoms with E-state index in [-0.39, 0.29) is 28.7 Å². The van der Waals surface area contributed by atoms with Crippen molar-refractivity contribution in [3.05, 3.63) is 35.6 Å². The normalized spacial score (nSPS) is 23.4. The summed E-state index contributed by atoms with van der Waals surface area (Å²) in [5.41, 5.74) is 2.15. The molecule has 1 saturated heterocycles. The number of nitrogens with one attached hydrogen (secondary N) is 2. The molecule has 1 aliphatic rings. The molecule has 0 spiro atoms. The van der Waals surface area contributed by atoms with Gasteiger partial charge in [-0.1, -0.05) is 11.6 Å². The van der Waals surface area contributed by atoms with Crippen molar-refractivity contribution in [2.24, 2.45) is 0 Å². The first-order valence-electron chi connectivity index (χ1n) is 13.6. The Hall–Kier alpha value is -3.13. The van der Waals surface area contributed by atoms with E-state index in [0.717, 1.165) is 11.3 Å². The molecule has 2 aromatic heterocycles. The number of rotatable bonds is 12. The smallest absolute Gasteiger partial charge is 0.462 e. The van der Waals surface area contributed by atoms with Crippen LogP contribution in [0.4, 0.5) is 11.8 Å². The second-order valence-electron chi connectivity index (χ2n) is 11.5. The molecule has 0 aliphatic carbocycles. The number of fused-ring (bicyclic) bond motifs is 1. The van der Waals surface area contributed by atoms with Gasteiger partial charge in [-0.3, -0.25) is 18.9 Å². The number of aliphatic hydroxyl groups is 2. The molecule has 4 rings (SSSR count). The maximum Gasteiger partial charge on any atom is 0.462 e. The summed E-state index contributed by atoms with van der Waals surface area (Å²) < 4.78 is 61.7. The van der Waals surface area contributed by atoms with E-state index in [9.17, 15) is 28.0 Å². The topological polar surface area (TPSA) is 243 Å². The summed E-state index contributed by atoms with van der Waals surface area (Å²) >= 11 is 5.97. The molecule has 18 nitrogen and oxygen atoms in total. The minimum Gasteiger partial charge on any atom is -0.462 e. The van der Waals surface area contributed by atoms with Gasteiger partial charge in [0.2, 0.25) is 22.3 Å². The number of nitrogen functional groups attached to an aromatic ring is 1. The minimum absolute atomic E-state index is 0.0148. The van der Waals surface area contributed by atoms with Crippen LogP contribution in [0.15, 0.2) is 30.6 Å². The van der Waals surface area contributed by atoms with Gasteiger partial charge in [-0.25, -0.2) is 18.0 Å². The van der Waals surface area contributed by atoms with Crippen LogP contribution in [0.5, 0.6) is 5.75 Å². The fourth-order valence-corrected chi connectivity index (χ4v) is 6.86. The zero-order chi connectivity index (χ0) is 34.4. The highest BCUT2D eigenvalue weighted by molar-refractivity contribution is 7.88. The average molecular weight is 707 g/mol. The summed E-state index contributed by atoms with van der Waals surface area (Å²) in [6.45, 7) is 7.28. The highest BCUT2D eigenvalue weighted by atomic mass is 35.5. The fourth-order valence-electron chi connectivity index (χ4n) is 4.40. The van der Waals surface area contributed by atoms with Crippen LogP contribution >= 0.6 is 19.3 Å². The maximum absolute atomic E-state index is 14.3. The molecule has 1 aromatic carbocycles. The zero-order valence-corrected chi connectivity index (χ0v) is 28.4. The lowest BCUT2D eigenvalue weighted by Crippen LogP contribution is -2.49. The van der Waals surface area contributed by atoms with Gasteiger partial charge in [0.25, 0.3) is 0 Å². The van der Waals surface area contributed by atoms with E-state index < -0.39 is 59.6 Å². The average Bonchev–Trinajstić information content (AvgIpc) is 3.41. The second-order valence-corrected chi connectivity index (χ2v) is 15.3. The maximum atomic E-state index is 14.3. The SMILES string of the molecule is CC(C)OC(=O)C(C)(C)NP(=O)(Oc1ccc(Cl)cc1)OC1O[C@@H](n2cnc3c(N(C)NS(C)(=O)=O)nc(N)nc32)[C@](C)(O)C1O. The van der Waals surface area contributed by atoms with Gasteiger partial charge in [0.15, 0.2) is 23.2 Å². The molecule has 254 valence electrons. The molecule has 0 saturated carbocycles. The van der Waals surface area contributed by atoms with E-state index in [1.54, 1.807) is 13.8 Å². The van der Waals surface area contributed by atoms with E-state index in [1.807, 2.05) is 0 Å². The Labute approximate surface area is 269 Å². The Morgan fingerprint density at radius 1 is 1.28 bits per heavy atom. The van der Waals surface area contributed by atoms with Gasteiger partial charge in [0.1, 0.15) is 23.0 Å². The van der Waals surface area contributed by atoms with Gasteiger partial charge in [0.05, 0.1) is 18.7 Å². The molecule has 1 fully saturated rings. The van der Waals surface area contributed by atoms with Crippen molar-refractivity contribution in [2.45, 2.75) is 70.5 Å². The monoisotopic (exact) mass is 706 g/mol. The molecule has 0 amide bonds. The molecule has 3 unspecified atom stereocenters. The van der Waals surface area contributed by atoms with Crippen molar-refractivity contribution in [1.29, 1.82) is 0 Å². The van der Waals surface area contributed by atoms with E-state index in [1.165, 1.54) is 63.0 Å². The van der Waals surface area contributed by atoms with Gasteiger partial charge in [-0.15, -0.1) is 4.83 Å². The first kappa shape index (κ1) is 35.7. The van der Waals surface area contributed by atoms with Gasteiger partial charge >= 0.3 is 13.7 Å². The molecule has 6 N–H and O–H groups in total. The molecule has 1 aliphatic heterocycles. The summed E-state index contributed by atoms with van der Waals surface area (Å²) in [7, 11) is -7.00. The van der Waals surface area contributed by atoms with E-state index >= 15 is 0 Å². The van der Waals surface area contributed by atoms with E-state index in [0.29, 0.717) is 5.02 Å². The summed E-state index contributed by atoms with van der Waals surface area (Å²) in [5, 5.41) is 26.6. The number of hydrogen-bond acceptors (Lipinski definition) is 15. The van der Waals surface area contributed by atoms with Crippen LogP contribution < -0.4 is 25.2 Å². The number of benzene rings is 1. The molecule has 21 heteroatoms. The van der Waals surface area contributed by atoms with Crippen LogP contribution in [0.1, 0.15) is 40.8 Å².